The average molecular weight is 323 g/mol. The highest BCUT2D eigenvalue weighted by Gasteiger charge is 2.12. The molecule has 1 fully saturated rings. The predicted molar refractivity (Wildman–Crippen MR) is 94.6 cm³/mol. The van der Waals surface area contributed by atoms with E-state index in [1.165, 1.54) is 0 Å². The van der Waals surface area contributed by atoms with Crippen molar-refractivity contribution in [3.8, 4) is 0 Å². The minimum Gasteiger partial charge on any atom is -0.378 e. The maximum Gasteiger partial charge on any atom is 0.244 e. The third kappa shape index (κ3) is 4.67. The van der Waals surface area contributed by atoms with Crippen LogP contribution in [0.25, 0.3) is 6.08 Å². The SMILES string of the molecule is O=C(C=Cc1ccccc1)NCc1ccnc(N2CCOCC2)c1. The summed E-state index contributed by atoms with van der Waals surface area (Å²) in [6.07, 6.45) is 5.15. The normalized spacial score (nSPS) is 14.8. The molecule has 1 aliphatic heterocycles. The summed E-state index contributed by atoms with van der Waals surface area (Å²) in [5.41, 5.74) is 2.04. The molecular weight excluding hydrogens is 302 g/mol. The Kier molecular flexibility index (Phi) is 5.58. The van der Waals surface area contributed by atoms with Crippen molar-refractivity contribution in [3.05, 3.63) is 65.9 Å². The number of hydrogen-bond donors (Lipinski definition) is 1. The summed E-state index contributed by atoms with van der Waals surface area (Å²) in [6.45, 7) is 3.64. The standard InChI is InChI=1S/C19H21N3O2/c23-19(7-6-16-4-2-1-3-5-16)21-15-17-8-9-20-18(14-17)22-10-12-24-13-11-22/h1-9,14H,10-13,15H2,(H,21,23). The van der Waals surface area contributed by atoms with Crippen molar-refractivity contribution in [1.29, 1.82) is 0 Å². The van der Waals surface area contributed by atoms with Gasteiger partial charge < -0.3 is 15.0 Å². The lowest BCUT2D eigenvalue weighted by atomic mass is 10.2. The number of anilines is 1. The Morgan fingerprint density at radius 2 is 2.00 bits per heavy atom. The number of hydrogen-bond acceptors (Lipinski definition) is 4. The number of rotatable bonds is 5. The van der Waals surface area contributed by atoms with Crippen LogP contribution in [0.5, 0.6) is 0 Å². The molecule has 124 valence electrons. The molecule has 0 radical (unpaired) electrons. The Labute approximate surface area is 142 Å². The number of nitrogens with one attached hydrogen (secondary N) is 1. The van der Waals surface area contributed by atoms with Crippen LogP contribution < -0.4 is 10.2 Å². The number of ether oxygens (including phenoxy) is 1. The van der Waals surface area contributed by atoms with Crippen LogP contribution in [0, 0.1) is 0 Å². The smallest absolute Gasteiger partial charge is 0.244 e. The molecule has 3 rings (SSSR count). The second kappa shape index (κ2) is 8.26. The van der Waals surface area contributed by atoms with Crippen LogP contribution in [0.2, 0.25) is 0 Å². The summed E-state index contributed by atoms with van der Waals surface area (Å²) in [5, 5.41) is 2.90. The van der Waals surface area contributed by atoms with Gasteiger partial charge in [0.2, 0.25) is 5.91 Å². The first-order valence-electron chi connectivity index (χ1n) is 8.10. The number of morpholine rings is 1. The van der Waals surface area contributed by atoms with Gasteiger partial charge in [-0.3, -0.25) is 4.79 Å². The summed E-state index contributed by atoms with van der Waals surface area (Å²) in [4.78, 5) is 18.5. The number of amides is 1. The van der Waals surface area contributed by atoms with E-state index in [1.807, 2.05) is 42.5 Å². The van der Waals surface area contributed by atoms with Crippen molar-refractivity contribution in [1.82, 2.24) is 10.3 Å². The quantitative estimate of drug-likeness (QED) is 0.858. The third-order valence-corrected chi connectivity index (χ3v) is 3.84. The highest BCUT2D eigenvalue weighted by atomic mass is 16.5. The van der Waals surface area contributed by atoms with E-state index in [2.05, 4.69) is 15.2 Å². The van der Waals surface area contributed by atoms with Crippen molar-refractivity contribution in [2.45, 2.75) is 6.54 Å². The van der Waals surface area contributed by atoms with Gasteiger partial charge in [-0.25, -0.2) is 4.98 Å². The van der Waals surface area contributed by atoms with Gasteiger partial charge in [0.25, 0.3) is 0 Å². The second-order valence-electron chi connectivity index (χ2n) is 5.58. The Morgan fingerprint density at radius 1 is 1.21 bits per heavy atom. The highest BCUT2D eigenvalue weighted by Crippen LogP contribution is 2.14. The van der Waals surface area contributed by atoms with Gasteiger partial charge >= 0.3 is 0 Å². The fourth-order valence-corrected chi connectivity index (χ4v) is 2.52. The Balaban J connectivity index is 1.54. The average Bonchev–Trinajstić information content (AvgIpc) is 2.66. The lowest BCUT2D eigenvalue weighted by Crippen LogP contribution is -2.36. The fraction of sp³-hybridized carbons (Fsp3) is 0.263. The van der Waals surface area contributed by atoms with Gasteiger partial charge in [0.15, 0.2) is 0 Å². The molecule has 0 spiro atoms. The summed E-state index contributed by atoms with van der Waals surface area (Å²) < 4.78 is 5.36. The van der Waals surface area contributed by atoms with Crippen LogP contribution in [-0.2, 0) is 16.1 Å². The molecule has 2 aromatic rings. The molecule has 1 aliphatic rings. The molecule has 1 N–H and O–H groups in total. The summed E-state index contributed by atoms with van der Waals surface area (Å²) >= 11 is 0. The molecule has 0 aliphatic carbocycles. The lowest BCUT2D eigenvalue weighted by Gasteiger charge is -2.28. The first kappa shape index (κ1) is 16.2. The van der Waals surface area contributed by atoms with Gasteiger partial charge in [0, 0.05) is 31.9 Å². The van der Waals surface area contributed by atoms with Gasteiger partial charge in [-0.05, 0) is 29.3 Å². The monoisotopic (exact) mass is 323 g/mol. The lowest BCUT2D eigenvalue weighted by molar-refractivity contribution is -0.116. The second-order valence-corrected chi connectivity index (χ2v) is 5.58. The Hall–Kier alpha value is -2.66. The zero-order valence-corrected chi connectivity index (χ0v) is 13.5. The van der Waals surface area contributed by atoms with E-state index in [0.29, 0.717) is 6.54 Å². The summed E-state index contributed by atoms with van der Waals surface area (Å²) in [7, 11) is 0. The molecule has 1 aromatic heterocycles. The molecule has 5 heteroatoms. The summed E-state index contributed by atoms with van der Waals surface area (Å²) in [6, 6.07) is 13.7. The van der Waals surface area contributed by atoms with Crippen LogP contribution in [-0.4, -0.2) is 37.2 Å². The number of carbonyl (C=O) groups is 1. The maximum absolute atomic E-state index is 11.9. The van der Waals surface area contributed by atoms with Crippen LogP contribution in [0.15, 0.2) is 54.7 Å². The van der Waals surface area contributed by atoms with Gasteiger partial charge in [0.05, 0.1) is 13.2 Å². The van der Waals surface area contributed by atoms with E-state index in [1.54, 1.807) is 18.3 Å². The first-order chi connectivity index (χ1) is 11.8. The molecular formula is C19H21N3O2. The van der Waals surface area contributed by atoms with Crippen LogP contribution in [0.3, 0.4) is 0 Å². The van der Waals surface area contributed by atoms with E-state index in [-0.39, 0.29) is 5.91 Å². The highest BCUT2D eigenvalue weighted by molar-refractivity contribution is 5.91. The number of nitrogens with zero attached hydrogens (tertiary/aromatic N) is 2. The minimum absolute atomic E-state index is 0.108. The predicted octanol–water partition coefficient (Wildman–Crippen LogP) is 2.25. The van der Waals surface area contributed by atoms with Gasteiger partial charge in [-0.2, -0.15) is 0 Å². The fourth-order valence-electron chi connectivity index (χ4n) is 2.52. The van der Waals surface area contributed by atoms with Crippen molar-refractivity contribution >= 4 is 17.8 Å². The van der Waals surface area contributed by atoms with E-state index >= 15 is 0 Å². The van der Waals surface area contributed by atoms with Crippen LogP contribution in [0.1, 0.15) is 11.1 Å². The van der Waals surface area contributed by atoms with Crippen LogP contribution in [0.4, 0.5) is 5.82 Å². The van der Waals surface area contributed by atoms with E-state index in [0.717, 1.165) is 43.2 Å². The molecule has 0 bridgehead atoms. The molecule has 0 unspecified atom stereocenters. The van der Waals surface area contributed by atoms with Crippen molar-refractivity contribution in [2.75, 3.05) is 31.2 Å². The van der Waals surface area contributed by atoms with Gasteiger partial charge in [-0.15, -0.1) is 0 Å². The molecule has 5 nitrogen and oxygen atoms in total. The van der Waals surface area contributed by atoms with Gasteiger partial charge in [0.1, 0.15) is 5.82 Å². The Bertz CT molecular complexity index is 695. The topological polar surface area (TPSA) is 54.5 Å². The zero-order valence-electron chi connectivity index (χ0n) is 13.5. The van der Waals surface area contributed by atoms with E-state index < -0.39 is 0 Å². The molecule has 0 atom stereocenters. The Morgan fingerprint density at radius 3 is 2.79 bits per heavy atom. The van der Waals surface area contributed by atoms with Crippen LogP contribution >= 0.6 is 0 Å². The maximum atomic E-state index is 11.9. The van der Waals surface area contributed by atoms with Gasteiger partial charge in [-0.1, -0.05) is 30.3 Å². The largest absolute Gasteiger partial charge is 0.378 e. The number of carbonyl (C=O) groups excluding carboxylic acids is 1. The molecule has 1 aromatic carbocycles. The molecule has 1 amide bonds. The number of aromatic nitrogens is 1. The van der Waals surface area contributed by atoms with E-state index in [9.17, 15) is 4.79 Å². The zero-order chi connectivity index (χ0) is 16.6. The third-order valence-electron chi connectivity index (χ3n) is 3.84. The molecule has 24 heavy (non-hydrogen) atoms. The minimum atomic E-state index is -0.108. The molecule has 0 saturated carbocycles. The number of benzene rings is 1. The number of pyridine rings is 1. The van der Waals surface area contributed by atoms with Crippen molar-refractivity contribution in [3.63, 3.8) is 0 Å². The molecule has 2 heterocycles. The summed E-state index contributed by atoms with van der Waals surface area (Å²) in [5.74, 6) is 0.827. The first-order valence-corrected chi connectivity index (χ1v) is 8.10. The van der Waals surface area contributed by atoms with E-state index in [4.69, 9.17) is 4.74 Å². The van der Waals surface area contributed by atoms with Crippen molar-refractivity contribution in [2.24, 2.45) is 0 Å². The molecule has 1 saturated heterocycles. The van der Waals surface area contributed by atoms with Crippen molar-refractivity contribution < 1.29 is 9.53 Å².